The fraction of sp³-hybridized carbons (Fsp3) is 0.615. The van der Waals surface area contributed by atoms with Gasteiger partial charge in [0.25, 0.3) is 5.91 Å². The van der Waals surface area contributed by atoms with Gasteiger partial charge in [-0.05, 0) is 40.7 Å². The van der Waals surface area contributed by atoms with Crippen molar-refractivity contribution >= 4 is 5.91 Å². The summed E-state index contributed by atoms with van der Waals surface area (Å²) in [5.74, 6) is 0.567. The molecule has 0 radical (unpaired) electrons. The van der Waals surface area contributed by atoms with Crippen LogP contribution in [-0.2, 0) is 9.53 Å². The third-order valence-corrected chi connectivity index (χ3v) is 1.26. The van der Waals surface area contributed by atoms with Gasteiger partial charge in [0.05, 0.1) is 5.76 Å². The maximum absolute atomic E-state index is 11.6. The van der Waals surface area contributed by atoms with E-state index in [9.17, 15) is 4.79 Å². The van der Waals surface area contributed by atoms with Crippen molar-refractivity contribution in [1.82, 2.24) is 5.32 Å². The van der Waals surface area contributed by atoms with Crippen LogP contribution in [0.25, 0.3) is 0 Å². The highest BCUT2D eigenvalue weighted by atomic mass is 16.5. The van der Waals surface area contributed by atoms with Crippen LogP contribution in [0.4, 0.5) is 0 Å². The van der Waals surface area contributed by atoms with E-state index in [-0.39, 0.29) is 17.2 Å². The molecule has 0 saturated carbocycles. The standard InChI is InChI=1S/C11H19NO2.C2H6/c1-7-9(14-8(2)3)10(13)12-11(4,5)6;1-2/h7H,2H2,1,3-6H3,(H,12,13);1-2H3/b9-7-;. The molecule has 0 aliphatic heterocycles. The summed E-state index contributed by atoms with van der Waals surface area (Å²) in [6.07, 6.45) is 1.62. The molecule has 16 heavy (non-hydrogen) atoms. The van der Waals surface area contributed by atoms with E-state index in [0.29, 0.717) is 5.76 Å². The predicted octanol–water partition coefficient (Wildman–Crippen LogP) is 3.38. The highest BCUT2D eigenvalue weighted by Gasteiger charge is 2.17. The monoisotopic (exact) mass is 227 g/mol. The summed E-state index contributed by atoms with van der Waals surface area (Å²) in [5, 5.41) is 2.80. The second kappa shape index (κ2) is 7.97. The van der Waals surface area contributed by atoms with E-state index in [2.05, 4.69) is 11.9 Å². The van der Waals surface area contributed by atoms with Gasteiger partial charge >= 0.3 is 0 Å². The zero-order valence-corrected chi connectivity index (χ0v) is 11.6. The first-order valence-corrected chi connectivity index (χ1v) is 5.58. The topological polar surface area (TPSA) is 38.3 Å². The van der Waals surface area contributed by atoms with Crippen molar-refractivity contribution in [2.45, 2.75) is 54.0 Å². The number of hydrogen-bond acceptors (Lipinski definition) is 2. The summed E-state index contributed by atoms with van der Waals surface area (Å²) in [4.78, 5) is 11.6. The average Bonchev–Trinajstić information content (AvgIpc) is 2.14. The summed E-state index contributed by atoms with van der Waals surface area (Å²) >= 11 is 0. The van der Waals surface area contributed by atoms with E-state index in [1.54, 1.807) is 19.9 Å². The zero-order valence-electron chi connectivity index (χ0n) is 11.6. The molecule has 3 nitrogen and oxygen atoms in total. The smallest absolute Gasteiger partial charge is 0.287 e. The van der Waals surface area contributed by atoms with Gasteiger partial charge in [0.2, 0.25) is 0 Å². The molecule has 0 fully saturated rings. The first kappa shape index (κ1) is 17.2. The van der Waals surface area contributed by atoms with Crippen LogP contribution in [0.2, 0.25) is 0 Å². The van der Waals surface area contributed by atoms with E-state index in [4.69, 9.17) is 4.74 Å². The first-order chi connectivity index (χ1) is 7.26. The summed E-state index contributed by atoms with van der Waals surface area (Å²) in [7, 11) is 0. The van der Waals surface area contributed by atoms with Gasteiger partial charge in [-0.1, -0.05) is 20.4 Å². The number of allylic oxidation sites excluding steroid dienone is 2. The average molecular weight is 227 g/mol. The summed E-state index contributed by atoms with van der Waals surface area (Å²) in [6, 6.07) is 0. The van der Waals surface area contributed by atoms with Gasteiger partial charge in [0, 0.05) is 5.54 Å². The molecule has 0 unspecified atom stereocenters. The summed E-state index contributed by atoms with van der Waals surface area (Å²) < 4.78 is 5.16. The Balaban J connectivity index is 0. The van der Waals surface area contributed by atoms with Crippen LogP contribution in [0, 0.1) is 0 Å². The van der Waals surface area contributed by atoms with Gasteiger partial charge in [-0.25, -0.2) is 0 Å². The molecule has 0 rings (SSSR count). The quantitative estimate of drug-likeness (QED) is 0.593. The molecule has 1 amide bonds. The van der Waals surface area contributed by atoms with Gasteiger partial charge in [-0.2, -0.15) is 0 Å². The van der Waals surface area contributed by atoms with Crippen molar-refractivity contribution in [1.29, 1.82) is 0 Å². The van der Waals surface area contributed by atoms with Crippen LogP contribution in [0.5, 0.6) is 0 Å². The van der Waals surface area contributed by atoms with Crippen LogP contribution in [0.3, 0.4) is 0 Å². The molecule has 0 spiro atoms. The van der Waals surface area contributed by atoms with Crippen molar-refractivity contribution in [2.75, 3.05) is 0 Å². The third-order valence-electron chi connectivity index (χ3n) is 1.26. The Morgan fingerprint density at radius 2 is 1.75 bits per heavy atom. The fourth-order valence-electron chi connectivity index (χ4n) is 0.826. The van der Waals surface area contributed by atoms with E-state index >= 15 is 0 Å². The molecule has 0 aromatic carbocycles. The minimum absolute atomic E-state index is 0.219. The normalized spacial score (nSPS) is 11.1. The van der Waals surface area contributed by atoms with Gasteiger partial charge in [-0.15, -0.1) is 0 Å². The SMILES string of the molecule is C=C(C)O/C(=C\C)C(=O)NC(C)(C)C.CC. The summed E-state index contributed by atoms with van der Waals surface area (Å²) in [6.45, 7) is 16.8. The Morgan fingerprint density at radius 1 is 1.31 bits per heavy atom. The number of carbonyl (C=O) groups excluding carboxylic acids is 1. The van der Waals surface area contributed by atoms with Crippen LogP contribution in [0.1, 0.15) is 48.5 Å². The van der Waals surface area contributed by atoms with E-state index < -0.39 is 0 Å². The lowest BCUT2D eigenvalue weighted by Crippen LogP contribution is -2.41. The second-order valence-electron chi connectivity index (χ2n) is 4.16. The van der Waals surface area contributed by atoms with E-state index in [1.165, 1.54) is 0 Å². The molecule has 1 N–H and O–H groups in total. The minimum atomic E-state index is -0.260. The molecule has 0 heterocycles. The van der Waals surface area contributed by atoms with Crippen LogP contribution >= 0.6 is 0 Å². The van der Waals surface area contributed by atoms with Crippen molar-refractivity contribution < 1.29 is 9.53 Å². The molecule has 0 aromatic rings. The lowest BCUT2D eigenvalue weighted by Gasteiger charge is -2.21. The molecule has 94 valence electrons. The second-order valence-corrected chi connectivity index (χ2v) is 4.16. The van der Waals surface area contributed by atoms with Crippen molar-refractivity contribution in [3.63, 3.8) is 0 Å². The minimum Gasteiger partial charge on any atom is -0.457 e. The molecular weight excluding hydrogens is 202 g/mol. The molecule has 0 saturated heterocycles. The fourth-order valence-corrected chi connectivity index (χ4v) is 0.826. The number of ether oxygens (including phenoxy) is 1. The van der Waals surface area contributed by atoms with Crippen molar-refractivity contribution in [3.8, 4) is 0 Å². The lowest BCUT2D eigenvalue weighted by atomic mass is 10.1. The lowest BCUT2D eigenvalue weighted by molar-refractivity contribution is -0.121. The molecule has 0 aliphatic carbocycles. The zero-order chi connectivity index (χ0) is 13.4. The van der Waals surface area contributed by atoms with E-state index in [1.807, 2.05) is 34.6 Å². The van der Waals surface area contributed by atoms with Crippen molar-refractivity contribution in [2.24, 2.45) is 0 Å². The predicted molar refractivity (Wildman–Crippen MR) is 68.9 cm³/mol. The molecule has 0 bridgehead atoms. The van der Waals surface area contributed by atoms with Gasteiger partial charge in [-0.3, -0.25) is 4.79 Å². The Hall–Kier alpha value is -1.25. The van der Waals surface area contributed by atoms with Crippen LogP contribution in [-0.4, -0.2) is 11.4 Å². The molecule has 3 heteroatoms. The largest absolute Gasteiger partial charge is 0.457 e. The van der Waals surface area contributed by atoms with Gasteiger partial charge in [0.15, 0.2) is 5.76 Å². The Morgan fingerprint density at radius 3 is 2.00 bits per heavy atom. The number of carbonyl (C=O) groups is 1. The molecule has 0 aliphatic rings. The summed E-state index contributed by atoms with van der Waals surface area (Å²) in [5.41, 5.74) is -0.260. The van der Waals surface area contributed by atoms with Gasteiger partial charge in [0.1, 0.15) is 0 Å². The van der Waals surface area contributed by atoms with Crippen molar-refractivity contribution in [3.05, 3.63) is 24.2 Å². The van der Waals surface area contributed by atoms with Crippen LogP contribution in [0.15, 0.2) is 24.2 Å². The number of nitrogens with one attached hydrogen (secondary N) is 1. The number of hydrogen-bond donors (Lipinski definition) is 1. The Bertz CT molecular complexity index is 260. The highest BCUT2D eigenvalue weighted by Crippen LogP contribution is 2.07. The Labute approximate surface area is 99.6 Å². The third kappa shape index (κ3) is 9.31. The highest BCUT2D eigenvalue weighted by molar-refractivity contribution is 5.91. The van der Waals surface area contributed by atoms with Crippen LogP contribution < -0.4 is 5.32 Å². The maximum atomic E-state index is 11.6. The first-order valence-electron chi connectivity index (χ1n) is 5.58. The van der Waals surface area contributed by atoms with E-state index in [0.717, 1.165) is 0 Å². The molecule has 0 atom stereocenters. The Kier molecular flexibility index (Phi) is 8.54. The number of rotatable bonds is 3. The molecule has 0 aromatic heterocycles. The van der Waals surface area contributed by atoms with Gasteiger partial charge < -0.3 is 10.1 Å². The molecular formula is C13H25NO2. The number of amides is 1. The maximum Gasteiger partial charge on any atom is 0.287 e.